The summed E-state index contributed by atoms with van der Waals surface area (Å²) in [6.07, 6.45) is 3.94. The van der Waals surface area contributed by atoms with Crippen LogP contribution in [0.3, 0.4) is 0 Å². The Hall–Kier alpha value is -0.0300. The average Bonchev–Trinajstić information content (AvgIpc) is 2.74. The summed E-state index contributed by atoms with van der Waals surface area (Å²) >= 11 is 0. The summed E-state index contributed by atoms with van der Waals surface area (Å²) in [4.78, 5) is 14.1. The second kappa shape index (κ2) is 10.7. The highest BCUT2D eigenvalue weighted by Crippen LogP contribution is 2.23. The van der Waals surface area contributed by atoms with Crippen molar-refractivity contribution < 1.29 is 4.79 Å². The van der Waals surface area contributed by atoms with Gasteiger partial charge in [-0.1, -0.05) is 6.92 Å². The van der Waals surface area contributed by atoms with E-state index in [2.05, 4.69) is 31.1 Å². The Labute approximate surface area is 129 Å². The zero-order valence-electron chi connectivity index (χ0n) is 12.2. The molecule has 0 spiro atoms. The smallest absolute Gasteiger partial charge is 0.223 e. The second-order valence-electron chi connectivity index (χ2n) is 5.30. The van der Waals surface area contributed by atoms with Gasteiger partial charge in [0.2, 0.25) is 5.91 Å². The first-order valence-corrected chi connectivity index (χ1v) is 6.78. The summed E-state index contributed by atoms with van der Waals surface area (Å²) in [6, 6.07) is 0.806. The number of carbonyl (C=O) groups is 1. The maximum atomic E-state index is 11.8. The number of halogens is 2. The Balaban J connectivity index is 0. The van der Waals surface area contributed by atoms with Crippen LogP contribution in [0.1, 0.15) is 39.5 Å². The molecule has 0 aromatic rings. The van der Waals surface area contributed by atoms with Gasteiger partial charge in [-0.15, -0.1) is 24.8 Å². The van der Waals surface area contributed by atoms with E-state index < -0.39 is 0 Å². The Kier molecular flexibility index (Phi) is 12.0. The van der Waals surface area contributed by atoms with E-state index in [4.69, 9.17) is 5.73 Å². The molecule has 3 atom stereocenters. The Bertz CT molecular complexity index is 254. The number of likely N-dealkylation sites (N-methyl/N-ethyl adjacent to an activating group) is 1. The van der Waals surface area contributed by atoms with Gasteiger partial charge in [-0.3, -0.25) is 4.79 Å². The lowest BCUT2D eigenvalue weighted by atomic mass is 10.1. The molecule has 1 amide bonds. The second-order valence-corrected chi connectivity index (χ2v) is 5.30. The van der Waals surface area contributed by atoms with Gasteiger partial charge in [0.1, 0.15) is 0 Å². The standard InChI is InChI=1S/C13H27N3O.2ClH/c1-4-10(2)16(3)8-7-15-13(17)11-5-6-12(14)9-11;;/h10-12H,4-9,14H2,1-3H3,(H,15,17);2*1H. The molecule has 1 fully saturated rings. The van der Waals surface area contributed by atoms with Crippen molar-refractivity contribution in [1.29, 1.82) is 0 Å². The minimum absolute atomic E-state index is 0. The van der Waals surface area contributed by atoms with E-state index in [9.17, 15) is 4.79 Å². The maximum Gasteiger partial charge on any atom is 0.223 e. The molecule has 3 unspecified atom stereocenters. The predicted molar refractivity (Wildman–Crippen MR) is 85.2 cm³/mol. The number of nitrogens with zero attached hydrogens (tertiary/aromatic N) is 1. The molecule has 0 bridgehead atoms. The first kappa shape index (κ1) is 21.3. The van der Waals surface area contributed by atoms with E-state index in [0.29, 0.717) is 6.04 Å². The fourth-order valence-corrected chi connectivity index (χ4v) is 2.29. The summed E-state index contributed by atoms with van der Waals surface area (Å²) in [6.45, 7) is 6.04. The maximum absolute atomic E-state index is 11.8. The number of nitrogens with one attached hydrogen (secondary N) is 1. The van der Waals surface area contributed by atoms with Gasteiger partial charge in [0.15, 0.2) is 0 Å². The van der Waals surface area contributed by atoms with E-state index in [0.717, 1.165) is 38.8 Å². The Morgan fingerprint density at radius 1 is 1.42 bits per heavy atom. The summed E-state index contributed by atoms with van der Waals surface area (Å²) in [7, 11) is 2.10. The van der Waals surface area contributed by atoms with Crippen molar-refractivity contribution >= 4 is 30.7 Å². The van der Waals surface area contributed by atoms with Gasteiger partial charge >= 0.3 is 0 Å². The van der Waals surface area contributed by atoms with E-state index in [1.54, 1.807) is 0 Å². The number of hydrogen-bond donors (Lipinski definition) is 2. The van der Waals surface area contributed by atoms with Crippen LogP contribution >= 0.6 is 24.8 Å². The molecule has 6 heteroatoms. The number of hydrogen-bond acceptors (Lipinski definition) is 3. The molecule has 116 valence electrons. The van der Waals surface area contributed by atoms with E-state index >= 15 is 0 Å². The van der Waals surface area contributed by atoms with Gasteiger partial charge in [-0.2, -0.15) is 0 Å². The molecule has 1 aliphatic carbocycles. The molecule has 1 rings (SSSR count). The van der Waals surface area contributed by atoms with Gasteiger partial charge in [0, 0.05) is 31.1 Å². The highest BCUT2D eigenvalue weighted by atomic mass is 35.5. The Morgan fingerprint density at radius 2 is 2.05 bits per heavy atom. The number of amides is 1. The van der Waals surface area contributed by atoms with Crippen molar-refractivity contribution in [3.8, 4) is 0 Å². The number of carbonyl (C=O) groups excluding carboxylic acids is 1. The third-order valence-corrected chi connectivity index (χ3v) is 3.95. The van der Waals surface area contributed by atoms with Crippen LogP contribution in [0.15, 0.2) is 0 Å². The highest BCUT2D eigenvalue weighted by Gasteiger charge is 2.27. The van der Waals surface area contributed by atoms with Gasteiger partial charge in [-0.25, -0.2) is 0 Å². The van der Waals surface area contributed by atoms with Crippen LogP contribution in [-0.4, -0.2) is 43.0 Å². The molecule has 3 N–H and O–H groups in total. The molecule has 0 heterocycles. The molecule has 0 saturated heterocycles. The van der Waals surface area contributed by atoms with E-state index in [1.807, 2.05) is 0 Å². The van der Waals surface area contributed by atoms with Crippen LogP contribution in [0.2, 0.25) is 0 Å². The molecular formula is C13H29Cl2N3O. The average molecular weight is 314 g/mol. The lowest BCUT2D eigenvalue weighted by molar-refractivity contribution is -0.124. The van der Waals surface area contributed by atoms with E-state index in [-0.39, 0.29) is 42.7 Å². The van der Waals surface area contributed by atoms with Crippen LogP contribution < -0.4 is 11.1 Å². The van der Waals surface area contributed by atoms with Crippen molar-refractivity contribution in [2.75, 3.05) is 20.1 Å². The van der Waals surface area contributed by atoms with Crippen LogP contribution in [-0.2, 0) is 4.79 Å². The van der Waals surface area contributed by atoms with Crippen LogP contribution in [0.4, 0.5) is 0 Å². The number of nitrogens with two attached hydrogens (primary N) is 1. The predicted octanol–water partition coefficient (Wildman–Crippen LogP) is 1.80. The van der Waals surface area contributed by atoms with Gasteiger partial charge in [0.05, 0.1) is 0 Å². The van der Waals surface area contributed by atoms with Crippen LogP contribution in [0.5, 0.6) is 0 Å². The first-order chi connectivity index (χ1) is 8.04. The lowest BCUT2D eigenvalue weighted by Gasteiger charge is -2.23. The summed E-state index contributed by atoms with van der Waals surface area (Å²) in [5, 5.41) is 3.02. The quantitative estimate of drug-likeness (QED) is 0.786. The minimum Gasteiger partial charge on any atom is -0.355 e. The molecular weight excluding hydrogens is 285 g/mol. The molecule has 4 nitrogen and oxygen atoms in total. The topological polar surface area (TPSA) is 58.4 Å². The molecule has 0 aliphatic heterocycles. The summed E-state index contributed by atoms with van der Waals surface area (Å²) < 4.78 is 0. The Morgan fingerprint density at radius 3 is 2.53 bits per heavy atom. The van der Waals surface area contributed by atoms with Crippen LogP contribution in [0.25, 0.3) is 0 Å². The fraction of sp³-hybridized carbons (Fsp3) is 0.923. The molecule has 1 aliphatic rings. The highest BCUT2D eigenvalue weighted by molar-refractivity contribution is 5.85. The van der Waals surface area contributed by atoms with Crippen molar-refractivity contribution in [3.63, 3.8) is 0 Å². The van der Waals surface area contributed by atoms with Crippen molar-refractivity contribution in [2.24, 2.45) is 11.7 Å². The summed E-state index contributed by atoms with van der Waals surface area (Å²) in [5.41, 5.74) is 5.81. The third kappa shape index (κ3) is 7.35. The van der Waals surface area contributed by atoms with Crippen molar-refractivity contribution in [3.05, 3.63) is 0 Å². The molecule has 0 aromatic carbocycles. The van der Waals surface area contributed by atoms with Gasteiger partial charge < -0.3 is 16.0 Å². The molecule has 0 radical (unpaired) electrons. The lowest BCUT2D eigenvalue weighted by Crippen LogP contribution is -2.39. The normalized spacial score (nSPS) is 23.4. The van der Waals surface area contributed by atoms with Crippen LogP contribution in [0, 0.1) is 5.92 Å². The fourth-order valence-electron chi connectivity index (χ4n) is 2.29. The SMILES string of the molecule is CCC(C)N(C)CCNC(=O)C1CCC(N)C1.Cl.Cl. The largest absolute Gasteiger partial charge is 0.355 e. The van der Waals surface area contributed by atoms with E-state index in [1.165, 1.54) is 0 Å². The van der Waals surface area contributed by atoms with Gasteiger partial charge in [-0.05, 0) is 39.7 Å². The van der Waals surface area contributed by atoms with Gasteiger partial charge in [0.25, 0.3) is 0 Å². The molecule has 1 saturated carbocycles. The third-order valence-electron chi connectivity index (χ3n) is 3.95. The number of rotatable bonds is 6. The molecule has 19 heavy (non-hydrogen) atoms. The first-order valence-electron chi connectivity index (χ1n) is 6.78. The van der Waals surface area contributed by atoms with Crippen molar-refractivity contribution in [2.45, 2.75) is 51.6 Å². The zero-order valence-corrected chi connectivity index (χ0v) is 13.9. The summed E-state index contributed by atoms with van der Waals surface area (Å²) in [5.74, 6) is 0.342. The molecule has 0 aromatic heterocycles. The zero-order chi connectivity index (χ0) is 12.8. The van der Waals surface area contributed by atoms with Crippen molar-refractivity contribution in [1.82, 2.24) is 10.2 Å². The minimum atomic E-state index is 0. The monoisotopic (exact) mass is 313 g/mol.